The fraction of sp³-hybridized carbons (Fsp3) is 0.846. The normalized spacial score (nSPS) is 29.7. The number of amides is 1. The summed E-state index contributed by atoms with van der Waals surface area (Å²) in [5.41, 5.74) is -0.692. The molecule has 0 saturated carbocycles. The van der Waals surface area contributed by atoms with Crippen LogP contribution in [0.5, 0.6) is 0 Å². The zero-order chi connectivity index (χ0) is 14.0. The molecule has 2 heterocycles. The standard InChI is InChI=1S/C13H23N3O3/c1-13(12(18)19)3-4-15(10-13)9-11(17)16-7-5-14(2)6-8-16/h3-10H2,1-2H3,(H,18,19). The molecule has 2 rings (SSSR count). The largest absolute Gasteiger partial charge is 0.481 e. The van der Waals surface area contributed by atoms with Gasteiger partial charge in [0, 0.05) is 32.7 Å². The number of carbonyl (C=O) groups is 2. The van der Waals surface area contributed by atoms with Crippen LogP contribution in [0, 0.1) is 5.41 Å². The molecule has 0 bridgehead atoms. The fourth-order valence-corrected chi connectivity index (χ4v) is 2.71. The zero-order valence-corrected chi connectivity index (χ0v) is 11.8. The summed E-state index contributed by atoms with van der Waals surface area (Å²) < 4.78 is 0. The van der Waals surface area contributed by atoms with Crippen LogP contribution < -0.4 is 0 Å². The molecule has 0 radical (unpaired) electrons. The number of hydrogen-bond acceptors (Lipinski definition) is 4. The van der Waals surface area contributed by atoms with Gasteiger partial charge in [-0.05, 0) is 26.9 Å². The summed E-state index contributed by atoms with van der Waals surface area (Å²) in [5, 5.41) is 9.17. The van der Waals surface area contributed by atoms with Crippen molar-refractivity contribution >= 4 is 11.9 Å². The van der Waals surface area contributed by atoms with E-state index in [2.05, 4.69) is 11.9 Å². The average molecular weight is 269 g/mol. The van der Waals surface area contributed by atoms with E-state index in [4.69, 9.17) is 0 Å². The molecule has 2 fully saturated rings. The second kappa shape index (κ2) is 5.46. The third-order valence-electron chi connectivity index (χ3n) is 4.28. The molecule has 1 unspecified atom stereocenters. The molecule has 19 heavy (non-hydrogen) atoms. The number of likely N-dealkylation sites (tertiary alicyclic amines) is 1. The maximum absolute atomic E-state index is 12.2. The Morgan fingerprint density at radius 1 is 1.16 bits per heavy atom. The van der Waals surface area contributed by atoms with E-state index in [1.54, 1.807) is 6.92 Å². The van der Waals surface area contributed by atoms with E-state index in [1.165, 1.54) is 0 Å². The van der Waals surface area contributed by atoms with Gasteiger partial charge >= 0.3 is 5.97 Å². The molecule has 2 aliphatic heterocycles. The van der Waals surface area contributed by atoms with Crippen molar-refractivity contribution in [3.63, 3.8) is 0 Å². The molecule has 2 saturated heterocycles. The number of likely N-dealkylation sites (N-methyl/N-ethyl adjacent to an activating group) is 1. The Hall–Kier alpha value is -1.14. The summed E-state index contributed by atoms with van der Waals surface area (Å²) in [7, 11) is 2.06. The van der Waals surface area contributed by atoms with Gasteiger partial charge in [0.15, 0.2) is 0 Å². The molecular weight excluding hydrogens is 246 g/mol. The molecule has 0 aromatic heterocycles. The smallest absolute Gasteiger partial charge is 0.310 e. The predicted octanol–water partition coefficient (Wildman–Crippen LogP) is -0.443. The van der Waals surface area contributed by atoms with Gasteiger partial charge in [0.2, 0.25) is 5.91 Å². The van der Waals surface area contributed by atoms with Gasteiger partial charge in [-0.3, -0.25) is 14.5 Å². The van der Waals surface area contributed by atoms with E-state index in [-0.39, 0.29) is 5.91 Å². The monoisotopic (exact) mass is 269 g/mol. The first-order valence-electron chi connectivity index (χ1n) is 6.83. The minimum absolute atomic E-state index is 0.128. The lowest BCUT2D eigenvalue weighted by molar-refractivity contribution is -0.147. The number of nitrogens with zero attached hydrogens (tertiary/aromatic N) is 3. The first-order chi connectivity index (χ1) is 8.90. The molecule has 1 N–H and O–H groups in total. The highest BCUT2D eigenvalue weighted by Gasteiger charge is 2.41. The second-order valence-corrected chi connectivity index (χ2v) is 6.01. The second-order valence-electron chi connectivity index (χ2n) is 6.01. The number of aliphatic carboxylic acids is 1. The van der Waals surface area contributed by atoms with Gasteiger partial charge in [-0.2, -0.15) is 0 Å². The summed E-state index contributed by atoms with van der Waals surface area (Å²) in [6.45, 7) is 6.67. The van der Waals surface area contributed by atoms with Gasteiger partial charge in [-0.1, -0.05) is 0 Å². The van der Waals surface area contributed by atoms with Crippen LogP contribution in [0.15, 0.2) is 0 Å². The number of hydrogen-bond donors (Lipinski definition) is 1. The highest BCUT2D eigenvalue weighted by atomic mass is 16.4. The van der Waals surface area contributed by atoms with Crippen molar-refractivity contribution < 1.29 is 14.7 Å². The third kappa shape index (κ3) is 3.25. The van der Waals surface area contributed by atoms with E-state index in [0.717, 1.165) is 26.2 Å². The molecule has 0 spiro atoms. The number of carbonyl (C=O) groups excluding carboxylic acids is 1. The highest BCUT2D eigenvalue weighted by Crippen LogP contribution is 2.29. The molecule has 6 heteroatoms. The van der Waals surface area contributed by atoms with Crippen molar-refractivity contribution in [2.24, 2.45) is 5.41 Å². The van der Waals surface area contributed by atoms with Gasteiger partial charge in [0.1, 0.15) is 0 Å². The van der Waals surface area contributed by atoms with Crippen molar-refractivity contribution in [3.05, 3.63) is 0 Å². The molecule has 0 aliphatic carbocycles. The quantitative estimate of drug-likeness (QED) is 0.752. The topological polar surface area (TPSA) is 64.1 Å². The van der Waals surface area contributed by atoms with Crippen molar-refractivity contribution in [3.8, 4) is 0 Å². The van der Waals surface area contributed by atoms with E-state index in [1.807, 2.05) is 9.80 Å². The van der Waals surface area contributed by atoms with Crippen molar-refractivity contribution in [2.45, 2.75) is 13.3 Å². The molecular formula is C13H23N3O3. The predicted molar refractivity (Wildman–Crippen MR) is 70.9 cm³/mol. The Labute approximate surface area is 114 Å². The maximum Gasteiger partial charge on any atom is 0.310 e. The van der Waals surface area contributed by atoms with E-state index >= 15 is 0 Å². The molecule has 1 amide bonds. The Bertz CT molecular complexity index is 366. The third-order valence-corrected chi connectivity index (χ3v) is 4.28. The molecule has 0 aromatic rings. The summed E-state index contributed by atoms with van der Waals surface area (Å²) in [4.78, 5) is 29.4. The van der Waals surface area contributed by atoms with Crippen molar-refractivity contribution in [1.29, 1.82) is 0 Å². The minimum atomic E-state index is -0.762. The van der Waals surface area contributed by atoms with E-state index in [0.29, 0.717) is 26.1 Å². The van der Waals surface area contributed by atoms with Crippen LogP contribution in [0.4, 0.5) is 0 Å². The fourth-order valence-electron chi connectivity index (χ4n) is 2.71. The Morgan fingerprint density at radius 2 is 1.79 bits per heavy atom. The maximum atomic E-state index is 12.2. The van der Waals surface area contributed by atoms with E-state index < -0.39 is 11.4 Å². The Kier molecular flexibility index (Phi) is 4.10. The summed E-state index contributed by atoms with van der Waals surface area (Å²) >= 11 is 0. The number of rotatable bonds is 3. The first-order valence-corrected chi connectivity index (χ1v) is 6.83. The van der Waals surface area contributed by atoms with Crippen LogP contribution >= 0.6 is 0 Å². The van der Waals surface area contributed by atoms with Crippen molar-refractivity contribution in [1.82, 2.24) is 14.7 Å². The van der Waals surface area contributed by atoms with Gasteiger partial charge < -0.3 is 14.9 Å². The first kappa shape index (κ1) is 14.3. The Morgan fingerprint density at radius 3 is 2.32 bits per heavy atom. The van der Waals surface area contributed by atoms with Crippen LogP contribution in [-0.4, -0.2) is 84.5 Å². The summed E-state index contributed by atoms with van der Waals surface area (Å²) in [6, 6.07) is 0. The lowest BCUT2D eigenvalue weighted by atomic mass is 9.90. The van der Waals surface area contributed by atoms with Gasteiger partial charge in [-0.25, -0.2) is 0 Å². The Balaban J connectivity index is 1.82. The molecule has 2 aliphatic rings. The van der Waals surface area contributed by atoms with Crippen LogP contribution in [0.1, 0.15) is 13.3 Å². The van der Waals surface area contributed by atoms with Gasteiger partial charge in [-0.15, -0.1) is 0 Å². The number of piperazine rings is 1. The lowest BCUT2D eigenvalue weighted by Gasteiger charge is -2.33. The highest BCUT2D eigenvalue weighted by molar-refractivity contribution is 5.79. The number of carboxylic acids is 1. The minimum Gasteiger partial charge on any atom is -0.481 e. The molecule has 6 nitrogen and oxygen atoms in total. The van der Waals surface area contributed by atoms with E-state index in [9.17, 15) is 14.7 Å². The zero-order valence-electron chi connectivity index (χ0n) is 11.8. The van der Waals surface area contributed by atoms with Crippen LogP contribution in [0.2, 0.25) is 0 Å². The molecule has 1 atom stereocenters. The average Bonchev–Trinajstić information content (AvgIpc) is 2.73. The van der Waals surface area contributed by atoms with Gasteiger partial charge in [0.25, 0.3) is 0 Å². The van der Waals surface area contributed by atoms with Crippen molar-refractivity contribution in [2.75, 3.05) is 52.9 Å². The lowest BCUT2D eigenvalue weighted by Crippen LogP contribution is -2.50. The summed E-state index contributed by atoms with van der Waals surface area (Å²) in [6.07, 6.45) is 0.623. The molecule has 0 aromatic carbocycles. The van der Waals surface area contributed by atoms with Crippen LogP contribution in [0.3, 0.4) is 0 Å². The number of carboxylic acid groups (broad SMARTS) is 1. The van der Waals surface area contributed by atoms with Crippen LogP contribution in [-0.2, 0) is 9.59 Å². The molecule has 108 valence electrons. The SMILES string of the molecule is CN1CCN(C(=O)CN2CCC(C)(C(=O)O)C2)CC1. The van der Waals surface area contributed by atoms with Crippen LogP contribution in [0.25, 0.3) is 0 Å². The van der Waals surface area contributed by atoms with Gasteiger partial charge in [0.05, 0.1) is 12.0 Å². The summed E-state index contributed by atoms with van der Waals surface area (Å²) in [5.74, 6) is -0.634.